The molecule has 2 aromatic rings. The highest BCUT2D eigenvalue weighted by molar-refractivity contribution is 5.76. The lowest BCUT2D eigenvalue weighted by atomic mass is 9.93. The number of carbonyl (C=O) groups is 1. The van der Waals surface area contributed by atoms with E-state index in [0.29, 0.717) is 12.3 Å². The number of benzene rings is 1. The van der Waals surface area contributed by atoms with Crippen LogP contribution in [0.5, 0.6) is 0 Å². The Bertz CT molecular complexity index is 647. The van der Waals surface area contributed by atoms with Gasteiger partial charge < -0.3 is 10.6 Å². The van der Waals surface area contributed by atoms with E-state index in [-0.39, 0.29) is 11.9 Å². The minimum atomic E-state index is 0.000958. The molecule has 2 heterocycles. The molecule has 3 rings (SSSR count). The molecule has 0 bridgehead atoms. The summed E-state index contributed by atoms with van der Waals surface area (Å²) in [6.45, 7) is 4.20. The Hall–Kier alpha value is -2.14. The quantitative estimate of drug-likeness (QED) is 0.858. The maximum absolute atomic E-state index is 12.2. The monoisotopic (exact) mass is 326 g/mol. The number of nitrogens with one attached hydrogen (secondary N) is 2. The third-order valence-electron chi connectivity index (χ3n) is 4.76. The normalized spacial score (nSPS) is 16.7. The van der Waals surface area contributed by atoms with E-state index in [1.807, 2.05) is 42.1 Å². The van der Waals surface area contributed by atoms with Crippen molar-refractivity contribution in [3.05, 3.63) is 48.3 Å². The van der Waals surface area contributed by atoms with Gasteiger partial charge in [-0.2, -0.15) is 5.10 Å². The van der Waals surface area contributed by atoms with Gasteiger partial charge >= 0.3 is 0 Å². The van der Waals surface area contributed by atoms with Gasteiger partial charge in [-0.3, -0.25) is 4.79 Å². The van der Waals surface area contributed by atoms with Gasteiger partial charge in [-0.05, 0) is 69.0 Å². The van der Waals surface area contributed by atoms with Crippen molar-refractivity contribution >= 4 is 5.91 Å². The molecule has 1 unspecified atom stereocenters. The lowest BCUT2D eigenvalue weighted by molar-refractivity contribution is -0.122. The van der Waals surface area contributed by atoms with Crippen molar-refractivity contribution in [2.24, 2.45) is 5.92 Å². The van der Waals surface area contributed by atoms with Crippen LogP contribution in [-0.2, 0) is 4.79 Å². The number of nitrogens with zero attached hydrogens (tertiary/aromatic N) is 2. The molecule has 1 amide bonds. The fraction of sp³-hybridized carbons (Fsp3) is 0.474. The van der Waals surface area contributed by atoms with Crippen molar-refractivity contribution in [3.8, 4) is 5.69 Å². The van der Waals surface area contributed by atoms with Crippen molar-refractivity contribution in [2.75, 3.05) is 13.1 Å². The van der Waals surface area contributed by atoms with E-state index in [0.717, 1.165) is 30.8 Å². The summed E-state index contributed by atoms with van der Waals surface area (Å²) >= 11 is 0. The van der Waals surface area contributed by atoms with Crippen LogP contribution in [0.2, 0.25) is 0 Å². The third-order valence-corrected chi connectivity index (χ3v) is 4.76. The Morgan fingerprint density at radius 2 is 2.21 bits per heavy atom. The highest BCUT2D eigenvalue weighted by Crippen LogP contribution is 2.19. The van der Waals surface area contributed by atoms with E-state index in [4.69, 9.17) is 0 Å². The molecular formula is C19H26N4O. The van der Waals surface area contributed by atoms with Gasteiger partial charge in [0, 0.05) is 18.8 Å². The van der Waals surface area contributed by atoms with Crippen molar-refractivity contribution in [2.45, 2.75) is 38.6 Å². The minimum absolute atomic E-state index is 0.000958. The molecule has 1 atom stereocenters. The van der Waals surface area contributed by atoms with Crippen molar-refractivity contribution in [3.63, 3.8) is 0 Å². The predicted octanol–water partition coefficient (Wildman–Crippen LogP) is 2.83. The summed E-state index contributed by atoms with van der Waals surface area (Å²) in [6.07, 6.45) is 7.67. The number of rotatable bonds is 6. The summed E-state index contributed by atoms with van der Waals surface area (Å²) in [5.41, 5.74) is 2.10. The molecule has 0 spiro atoms. The number of amides is 1. The zero-order valence-electron chi connectivity index (χ0n) is 14.2. The van der Waals surface area contributed by atoms with E-state index in [1.165, 1.54) is 12.8 Å². The average molecular weight is 326 g/mol. The fourth-order valence-electron chi connectivity index (χ4n) is 3.26. The molecule has 128 valence electrons. The van der Waals surface area contributed by atoms with E-state index in [1.54, 1.807) is 6.20 Å². The molecule has 1 saturated heterocycles. The minimum Gasteiger partial charge on any atom is -0.350 e. The van der Waals surface area contributed by atoms with Gasteiger partial charge in [-0.15, -0.1) is 0 Å². The standard InChI is InChI=1S/C19H26N4O/c1-15(22-19(24)7-6-16-8-11-20-12-9-16)17-4-2-5-18(14-17)23-13-3-10-21-23/h2-5,10,13-16,20H,6-9,11-12H2,1H3,(H,22,24). The Morgan fingerprint density at radius 1 is 1.38 bits per heavy atom. The smallest absolute Gasteiger partial charge is 0.220 e. The second kappa shape index (κ2) is 8.11. The average Bonchev–Trinajstić information content (AvgIpc) is 3.16. The Kier molecular flexibility index (Phi) is 5.64. The first-order valence-corrected chi connectivity index (χ1v) is 8.82. The molecule has 24 heavy (non-hydrogen) atoms. The van der Waals surface area contributed by atoms with Crippen molar-refractivity contribution in [1.29, 1.82) is 0 Å². The highest BCUT2D eigenvalue weighted by Gasteiger charge is 2.16. The van der Waals surface area contributed by atoms with Gasteiger partial charge in [0.2, 0.25) is 5.91 Å². The van der Waals surface area contributed by atoms with Gasteiger partial charge in [0.15, 0.2) is 0 Å². The van der Waals surface area contributed by atoms with Crippen LogP contribution in [0, 0.1) is 5.92 Å². The molecule has 2 N–H and O–H groups in total. The third kappa shape index (κ3) is 4.45. The summed E-state index contributed by atoms with van der Waals surface area (Å²) in [6, 6.07) is 10.0. The molecule has 0 radical (unpaired) electrons. The van der Waals surface area contributed by atoms with E-state index < -0.39 is 0 Å². The number of hydrogen-bond donors (Lipinski definition) is 2. The van der Waals surface area contributed by atoms with Crippen LogP contribution in [-0.4, -0.2) is 28.8 Å². The molecule has 1 aliphatic heterocycles. The summed E-state index contributed by atoms with van der Waals surface area (Å²) in [4.78, 5) is 12.2. The summed E-state index contributed by atoms with van der Waals surface area (Å²) < 4.78 is 1.83. The fourth-order valence-corrected chi connectivity index (χ4v) is 3.26. The second-order valence-electron chi connectivity index (χ2n) is 6.57. The van der Waals surface area contributed by atoms with Gasteiger partial charge in [-0.1, -0.05) is 12.1 Å². The predicted molar refractivity (Wildman–Crippen MR) is 94.9 cm³/mol. The molecular weight excluding hydrogens is 300 g/mol. The first-order chi connectivity index (χ1) is 11.7. The lowest BCUT2D eigenvalue weighted by Crippen LogP contribution is -2.30. The topological polar surface area (TPSA) is 59.0 Å². The first-order valence-electron chi connectivity index (χ1n) is 8.82. The van der Waals surface area contributed by atoms with Crippen LogP contribution in [0.3, 0.4) is 0 Å². The molecule has 0 aliphatic carbocycles. The van der Waals surface area contributed by atoms with Crippen LogP contribution in [0.25, 0.3) is 5.69 Å². The van der Waals surface area contributed by atoms with E-state index in [9.17, 15) is 4.79 Å². The largest absolute Gasteiger partial charge is 0.350 e. The van der Waals surface area contributed by atoms with Crippen LogP contribution in [0.4, 0.5) is 0 Å². The zero-order valence-corrected chi connectivity index (χ0v) is 14.2. The molecule has 5 nitrogen and oxygen atoms in total. The van der Waals surface area contributed by atoms with Gasteiger partial charge in [0.1, 0.15) is 0 Å². The number of aromatic nitrogens is 2. The van der Waals surface area contributed by atoms with Gasteiger partial charge in [0.25, 0.3) is 0 Å². The van der Waals surface area contributed by atoms with Crippen LogP contribution in [0.15, 0.2) is 42.7 Å². The summed E-state index contributed by atoms with van der Waals surface area (Å²) in [5, 5.41) is 10.7. The molecule has 0 saturated carbocycles. The van der Waals surface area contributed by atoms with Gasteiger partial charge in [0.05, 0.1) is 11.7 Å². The molecule has 1 fully saturated rings. The maximum Gasteiger partial charge on any atom is 0.220 e. The maximum atomic E-state index is 12.2. The lowest BCUT2D eigenvalue weighted by Gasteiger charge is -2.22. The number of carbonyl (C=O) groups excluding carboxylic acids is 1. The number of hydrogen-bond acceptors (Lipinski definition) is 3. The Morgan fingerprint density at radius 3 is 2.96 bits per heavy atom. The second-order valence-corrected chi connectivity index (χ2v) is 6.57. The van der Waals surface area contributed by atoms with Crippen LogP contribution >= 0.6 is 0 Å². The molecule has 5 heteroatoms. The summed E-state index contributed by atoms with van der Waals surface area (Å²) in [5.74, 6) is 0.834. The van der Waals surface area contributed by atoms with Crippen LogP contribution in [0.1, 0.15) is 44.2 Å². The SMILES string of the molecule is CC(NC(=O)CCC1CCNCC1)c1cccc(-n2cccn2)c1. The molecule has 1 aliphatic rings. The van der Waals surface area contributed by atoms with Crippen LogP contribution < -0.4 is 10.6 Å². The van der Waals surface area contributed by atoms with Crippen molar-refractivity contribution in [1.82, 2.24) is 20.4 Å². The molecule has 1 aromatic carbocycles. The summed E-state index contributed by atoms with van der Waals surface area (Å²) in [7, 11) is 0. The van der Waals surface area contributed by atoms with E-state index in [2.05, 4.69) is 21.8 Å². The Balaban J connectivity index is 1.53. The van der Waals surface area contributed by atoms with Gasteiger partial charge in [-0.25, -0.2) is 4.68 Å². The Labute approximate surface area is 143 Å². The highest BCUT2D eigenvalue weighted by atomic mass is 16.1. The zero-order chi connectivity index (χ0) is 16.8. The first kappa shape index (κ1) is 16.7. The molecule has 1 aromatic heterocycles. The number of piperidine rings is 1. The van der Waals surface area contributed by atoms with Crippen molar-refractivity contribution < 1.29 is 4.79 Å². The van der Waals surface area contributed by atoms with E-state index >= 15 is 0 Å².